The largest absolute Gasteiger partial charge is 0.507 e. The molecule has 7 heteroatoms. The van der Waals surface area contributed by atoms with E-state index in [1.807, 2.05) is 31.2 Å². The van der Waals surface area contributed by atoms with Gasteiger partial charge in [-0.15, -0.1) is 10.2 Å². The van der Waals surface area contributed by atoms with Gasteiger partial charge >= 0.3 is 0 Å². The number of hydrogen-bond acceptors (Lipinski definition) is 7. The maximum Gasteiger partial charge on any atom is 0.233 e. The first-order chi connectivity index (χ1) is 13.6. The predicted octanol–water partition coefficient (Wildman–Crippen LogP) is 3.47. The highest BCUT2D eigenvalue weighted by molar-refractivity contribution is 5.72. The van der Waals surface area contributed by atoms with Crippen molar-refractivity contribution in [2.75, 3.05) is 0 Å². The van der Waals surface area contributed by atoms with Crippen LogP contribution in [0.3, 0.4) is 0 Å². The van der Waals surface area contributed by atoms with E-state index in [1.54, 1.807) is 12.1 Å². The molecule has 2 aliphatic rings. The summed E-state index contributed by atoms with van der Waals surface area (Å²) in [6.07, 6.45) is 4.69. The molecule has 0 amide bonds. The molecule has 0 saturated carbocycles. The molecule has 2 aromatic heterocycles. The van der Waals surface area contributed by atoms with Crippen LogP contribution < -0.4 is 10.1 Å². The van der Waals surface area contributed by atoms with Crippen molar-refractivity contribution < 1.29 is 14.4 Å². The zero-order chi connectivity index (χ0) is 19.1. The Morgan fingerprint density at radius 3 is 2.54 bits per heavy atom. The van der Waals surface area contributed by atoms with Gasteiger partial charge in [0.25, 0.3) is 0 Å². The van der Waals surface area contributed by atoms with E-state index in [9.17, 15) is 5.11 Å². The van der Waals surface area contributed by atoms with Crippen molar-refractivity contribution in [2.24, 2.45) is 0 Å². The number of nitrogens with one attached hydrogen (secondary N) is 1. The highest BCUT2D eigenvalue weighted by Gasteiger charge is 2.34. The molecular weight excluding hydrogens is 356 g/mol. The Hall–Kier alpha value is -2.93. The van der Waals surface area contributed by atoms with Crippen LogP contribution in [0.15, 0.2) is 40.9 Å². The molecule has 0 radical (unpaired) electrons. The number of phenols is 1. The Morgan fingerprint density at radius 2 is 1.89 bits per heavy atom. The van der Waals surface area contributed by atoms with Crippen LogP contribution in [0.4, 0.5) is 0 Å². The third-order valence-corrected chi connectivity index (χ3v) is 5.54. The average molecular weight is 378 g/mol. The predicted molar refractivity (Wildman–Crippen MR) is 103 cm³/mol. The van der Waals surface area contributed by atoms with Crippen LogP contribution in [0.1, 0.15) is 31.4 Å². The molecule has 2 fully saturated rings. The first-order valence-corrected chi connectivity index (χ1v) is 9.67. The number of hydrogen-bond donors (Lipinski definition) is 2. The lowest BCUT2D eigenvalue weighted by Crippen LogP contribution is -2.42. The molecule has 3 aromatic rings. The first kappa shape index (κ1) is 17.2. The molecule has 7 nitrogen and oxygen atoms in total. The van der Waals surface area contributed by atoms with E-state index in [2.05, 4.69) is 20.7 Å². The monoisotopic (exact) mass is 378 g/mol. The van der Waals surface area contributed by atoms with Crippen LogP contribution in [0.25, 0.3) is 22.6 Å². The number of piperidine rings is 1. The summed E-state index contributed by atoms with van der Waals surface area (Å²) in [5.74, 6) is 1.26. The SMILES string of the molecule is Cc1cc(-c2ccc(-c3ccc(O[C@H]4C[C@H]5CC[C@@H](C4)N5)nn3)c(O)c2)on1. The van der Waals surface area contributed by atoms with Gasteiger partial charge in [0.2, 0.25) is 5.88 Å². The highest BCUT2D eigenvalue weighted by Crippen LogP contribution is 2.33. The molecule has 4 heterocycles. The van der Waals surface area contributed by atoms with Gasteiger partial charge in [0, 0.05) is 35.3 Å². The zero-order valence-electron chi connectivity index (χ0n) is 15.6. The second-order valence-electron chi connectivity index (χ2n) is 7.67. The lowest BCUT2D eigenvalue weighted by molar-refractivity contribution is 0.130. The van der Waals surface area contributed by atoms with E-state index in [4.69, 9.17) is 9.26 Å². The van der Waals surface area contributed by atoms with Crippen LogP contribution in [-0.4, -0.2) is 38.6 Å². The highest BCUT2D eigenvalue weighted by atomic mass is 16.5. The molecule has 0 unspecified atom stereocenters. The summed E-state index contributed by atoms with van der Waals surface area (Å²) in [5, 5.41) is 26.4. The van der Waals surface area contributed by atoms with E-state index in [1.165, 1.54) is 12.8 Å². The summed E-state index contributed by atoms with van der Waals surface area (Å²) >= 11 is 0. The number of phenolic OH excluding ortho intramolecular Hbond substituents is 1. The molecule has 2 N–H and O–H groups in total. The number of aromatic nitrogens is 3. The minimum Gasteiger partial charge on any atom is -0.507 e. The van der Waals surface area contributed by atoms with Crippen LogP contribution in [-0.2, 0) is 0 Å². The molecule has 28 heavy (non-hydrogen) atoms. The van der Waals surface area contributed by atoms with Crippen molar-refractivity contribution in [1.82, 2.24) is 20.7 Å². The average Bonchev–Trinajstić information content (AvgIpc) is 3.27. The summed E-state index contributed by atoms with van der Waals surface area (Å²) in [5.41, 5.74) is 2.76. The third-order valence-electron chi connectivity index (χ3n) is 5.54. The number of aryl methyl sites for hydroxylation is 1. The molecule has 5 rings (SSSR count). The summed E-state index contributed by atoms with van der Waals surface area (Å²) < 4.78 is 11.3. The third kappa shape index (κ3) is 3.33. The number of benzene rings is 1. The molecule has 0 aliphatic carbocycles. The Bertz CT molecular complexity index is 974. The van der Waals surface area contributed by atoms with Gasteiger partial charge in [-0.1, -0.05) is 11.2 Å². The molecule has 2 aliphatic heterocycles. The molecule has 0 spiro atoms. The van der Waals surface area contributed by atoms with E-state index in [0.717, 1.165) is 24.1 Å². The van der Waals surface area contributed by atoms with Crippen molar-refractivity contribution in [3.8, 4) is 34.2 Å². The van der Waals surface area contributed by atoms with Crippen LogP contribution in [0.2, 0.25) is 0 Å². The minimum absolute atomic E-state index is 0.115. The Labute approximate surface area is 162 Å². The molecule has 3 atom stereocenters. The normalized spacial score (nSPS) is 23.7. The maximum absolute atomic E-state index is 10.4. The van der Waals surface area contributed by atoms with Crippen LogP contribution in [0.5, 0.6) is 11.6 Å². The minimum atomic E-state index is 0.115. The Balaban J connectivity index is 1.31. The van der Waals surface area contributed by atoms with Gasteiger partial charge in [-0.05, 0) is 50.8 Å². The summed E-state index contributed by atoms with van der Waals surface area (Å²) in [4.78, 5) is 0. The lowest BCUT2D eigenvalue weighted by atomic mass is 10.0. The molecular formula is C21H22N4O3. The fraction of sp³-hybridized carbons (Fsp3) is 0.381. The number of fused-ring (bicyclic) bond motifs is 2. The first-order valence-electron chi connectivity index (χ1n) is 9.67. The van der Waals surface area contributed by atoms with Crippen molar-refractivity contribution in [2.45, 2.75) is 50.8 Å². The fourth-order valence-electron chi connectivity index (χ4n) is 4.20. The summed E-state index contributed by atoms with van der Waals surface area (Å²) in [6.45, 7) is 1.86. The summed E-state index contributed by atoms with van der Waals surface area (Å²) in [6, 6.07) is 11.9. The topological polar surface area (TPSA) is 93.3 Å². The second-order valence-corrected chi connectivity index (χ2v) is 7.67. The molecule has 2 saturated heterocycles. The van der Waals surface area contributed by atoms with Crippen molar-refractivity contribution in [3.63, 3.8) is 0 Å². The number of ether oxygens (including phenoxy) is 1. The fourth-order valence-corrected chi connectivity index (χ4v) is 4.20. The zero-order valence-corrected chi connectivity index (χ0v) is 15.6. The van der Waals surface area contributed by atoms with Gasteiger partial charge in [-0.2, -0.15) is 0 Å². The van der Waals surface area contributed by atoms with Gasteiger partial charge in [-0.3, -0.25) is 0 Å². The number of nitrogens with zero attached hydrogens (tertiary/aromatic N) is 3. The van der Waals surface area contributed by atoms with Gasteiger partial charge in [-0.25, -0.2) is 0 Å². The van der Waals surface area contributed by atoms with E-state index >= 15 is 0 Å². The lowest BCUT2D eigenvalue weighted by Gasteiger charge is -2.28. The molecule has 1 aromatic carbocycles. The van der Waals surface area contributed by atoms with Gasteiger partial charge in [0.1, 0.15) is 11.9 Å². The van der Waals surface area contributed by atoms with Crippen molar-refractivity contribution in [1.29, 1.82) is 0 Å². The van der Waals surface area contributed by atoms with Crippen LogP contribution in [0, 0.1) is 6.92 Å². The second kappa shape index (κ2) is 6.91. The van der Waals surface area contributed by atoms with Gasteiger partial charge in [0.05, 0.1) is 11.4 Å². The Kier molecular flexibility index (Phi) is 4.24. The number of aromatic hydroxyl groups is 1. The van der Waals surface area contributed by atoms with Crippen LogP contribution >= 0.6 is 0 Å². The Morgan fingerprint density at radius 1 is 1.07 bits per heavy atom. The standard InChI is InChI=1S/C21H22N4O3/c1-12-8-20(28-25-12)13-2-5-17(19(26)9-13)18-6-7-21(24-23-18)27-16-10-14-3-4-15(11-16)22-14/h2,5-9,14-16,22,26H,3-4,10-11H2,1H3/t14-,15+,16+. The molecule has 144 valence electrons. The van der Waals surface area contributed by atoms with E-state index < -0.39 is 0 Å². The number of rotatable bonds is 4. The van der Waals surface area contributed by atoms with Gasteiger partial charge < -0.3 is 19.7 Å². The quantitative estimate of drug-likeness (QED) is 0.718. The van der Waals surface area contributed by atoms with Crippen molar-refractivity contribution >= 4 is 0 Å². The summed E-state index contributed by atoms with van der Waals surface area (Å²) in [7, 11) is 0. The maximum atomic E-state index is 10.4. The van der Waals surface area contributed by atoms with E-state index in [0.29, 0.717) is 35.0 Å². The van der Waals surface area contributed by atoms with Gasteiger partial charge in [0.15, 0.2) is 5.76 Å². The molecule has 2 bridgehead atoms. The smallest absolute Gasteiger partial charge is 0.233 e. The van der Waals surface area contributed by atoms with E-state index in [-0.39, 0.29) is 11.9 Å². The van der Waals surface area contributed by atoms with Crippen molar-refractivity contribution in [3.05, 3.63) is 42.1 Å².